The Labute approximate surface area is 118 Å². The van der Waals surface area contributed by atoms with Crippen molar-refractivity contribution >= 4 is 27.0 Å². The molecule has 19 heavy (non-hydrogen) atoms. The van der Waals surface area contributed by atoms with Crippen molar-refractivity contribution in [3.05, 3.63) is 53.1 Å². The van der Waals surface area contributed by atoms with Crippen LogP contribution in [-0.4, -0.2) is 21.8 Å². The van der Waals surface area contributed by atoms with Gasteiger partial charge in [0.2, 0.25) is 0 Å². The minimum Gasteiger partial charge on any atom is -0.500 e. The van der Waals surface area contributed by atoms with E-state index in [9.17, 15) is 8.42 Å². The summed E-state index contributed by atoms with van der Waals surface area (Å²) in [6.45, 7) is 0. The highest BCUT2D eigenvalue weighted by molar-refractivity contribution is 7.90. The largest absolute Gasteiger partial charge is 0.500 e. The maximum atomic E-state index is 11.5. The van der Waals surface area contributed by atoms with E-state index in [0.29, 0.717) is 5.02 Å². The molecule has 2 rings (SSSR count). The van der Waals surface area contributed by atoms with Gasteiger partial charge in [-0.2, -0.15) is 0 Å². The quantitative estimate of drug-likeness (QED) is 0.860. The monoisotopic (exact) mass is 297 g/mol. The summed E-state index contributed by atoms with van der Waals surface area (Å²) in [5.74, 6) is 0.747. The molecule has 0 spiro atoms. The minimum atomic E-state index is -3.25. The van der Waals surface area contributed by atoms with Gasteiger partial charge >= 0.3 is 0 Å². The normalized spacial score (nSPS) is 15.7. The van der Waals surface area contributed by atoms with Crippen molar-refractivity contribution in [1.82, 2.24) is 0 Å². The van der Waals surface area contributed by atoms with E-state index in [1.54, 1.807) is 19.2 Å². The first-order valence-corrected chi connectivity index (χ1v) is 7.98. The zero-order chi connectivity index (χ0) is 14.0. The van der Waals surface area contributed by atoms with Crippen molar-refractivity contribution in [1.29, 1.82) is 0 Å². The molecule has 0 amide bonds. The maximum absolute atomic E-state index is 11.5. The Hall–Kier alpha value is -1.26. The number of hydrogen-bond donors (Lipinski definition) is 0. The Morgan fingerprint density at radius 2 is 2.05 bits per heavy atom. The number of halogens is 1. The number of allylic oxidation sites excluding steroid dienone is 4. The van der Waals surface area contributed by atoms with Gasteiger partial charge in [-0.05, 0) is 18.6 Å². The molecule has 5 heteroatoms. The van der Waals surface area contributed by atoms with Gasteiger partial charge in [-0.15, -0.1) is 0 Å². The van der Waals surface area contributed by atoms with Gasteiger partial charge in [0.15, 0.2) is 9.84 Å². The third-order valence-electron chi connectivity index (χ3n) is 2.87. The number of methoxy groups -OCH3 is 1. The van der Waals surface area contributed by atoms with Crippen molar-refractivity contribution in [3.8, 4) is 0 Å². The van der Waals surface area contributed by atoms with Crippen molar-refractivity contribution in [3.63, 3.8) is 0 Å². The molecule has 0 atom stereocenters. The molecule has 3 nitrogen and oxygen atoms in total. The molecule has 1 aromatic carbocycles. The fraction of sp³-hybridized carbons (Fsp3) is 0.214. The predicted molar refractivity (Wildman–Crippen MR) is 76.5 cm³/mol. The van der Waals surface area contributed by atoms with Crippen LogP contribution in [0, 0.1) is 6.42 Å². The highest BCUT2D eigenvalue weighted by Crippen LogP contribution is 2.33. The maximum Gasteiger partial charge on any atom is 0.175 e. The summed E-state index contributed by atoms with van der Waals surface area (Å²) in [5, 5.41) is 0.396. The molecular weight excluding hydrogens is 284 g/mol. The molecular formula is C14H14ClO3S. The molecule has 0 bridgehead atoms. The fourth-order valence-electron chi connectivity index (χ4n) is 1.91. The Balaban J connectivity index is 2.53. The SMILES string of the molecule is COC1=C(c2ccc(S(C)(=O)=O)cc2Cl)C=CC[CH]1. The van der Waals surface area contributed by atoms with E-state index in [4.69, 9.17) is 16.3 Å². The van der Waals surface area contributed by atoms with Gasteiger partial charge in [0, 0.05) is 28.8 Å². The number of benzene rings is 1. The number of hydrogen-bond acceptors (Lipinski definition) is 3. The first-order valence-electron chi connectivity index (χ1n) is 5.71. The highest BCUT2D eigenvalue weighted by atomic mass is 35.5. The summed E-state index contributed by atoms with van der Waals surface area (Å²) in [5.41, 5.74) is 1.62. The molecule has 0 unspecified atom stereocenters. The van der Waals surface area contributed by atoms with Gasteiger partial charge in [0.1, 0.15) is 5.76 Å². The first kappa shape index (κ1) is 14.2. The molecule has 0 heterocycles. The van der Waals surface area contributed by atoms with Crippen LogP contribution >= 0.6 is 11.6 Å². The van der Waals surface area contributed by atoms with E-state index in [1.807, 2.05) is 18.6 Å². The lowest BCUT2D eigenvalue weighted by atomic mass is 9.98. The Morgan fingerprint density at radius 3 is 2.63 bits per heavy atom. The Kier molecular flexibility index (Phi) is 4.02. The van der Waals surface area contributed by atoms with Gasteiger partial charge in [-0.1, -0.05) is 29.8 Å². The van der Waals surface area contributed by atoms with Crippen LogP contribution in [0.15, 0.2) is 41.0 Å². The first-order chi connectivity index (χ1) is 8.93. The zero-order valence-electron chi connectivity index (χ0n) is 10.7. The van der Waals surface area contributed by atoms with Gasteiger partial charge < -0.3 is 4.74 Å². The van der Waals surface area contributed by atoms with Crippen molar-refractivity contribution in [2.24, 2.45) is 0 Å². The highest BCUT2D eigenvalue weighted by Gasteiger charge is 2.16. The molecule has 1 radical (unpaired) electrons. The van der Waals surface area contributed by atoms with E-state index in [-0.39, 0.29) is 4.90 Å². The lowest BCUT2D eigenvalue weighted by Crippen LogP contribution is -2.01. The third kappa shape index (κ3) is 3.01. The molecule has 0 fully saturated rings. The van der Waals surface area contributed by atoms with Crippen LogP contribution in [0.3, 0.4) is 0 Å². The van der Waals surface area contributed by atoms with Crippen molar-refractivity contribution in [2.75, 3.05) is 13.4 Å². The van der Waals surface area contributed by atoms with Crippen LogP contribution in [0.4, 0.5) is 0 Å². The van der Waals surface area contributed by atoms with Crippen LogP contribution in [-0.2, 0) is 14.6 Å². The minimum absolute atomic E-state index is 0.213. The summed E-state index contributed by atoms with van der Waals surface area (Å²) < 4.78 is 28.3. The molecule has 1 aliphatic carbocycles. The topological polar surface area (TPSA) is 43.4 Å². The molecule has 101 valence electrons. The molecule has 1 aromatic rings. The van der Waals surface area contributed by atoms with Gasteiger partial charge in [0.05, 0.1) is 12.0 Å². The average Bonchev–Trinajstić information content (AvgIpc) is 2.37. The summed E-state index contributed by atoms with van der Waals surface area (Å²) in [6, 6.07) is 4.73. The number of sulfone groups is 1. The lowest BCUT2D eigenvalue weighted by Gasteiger charge is -2.16. The zero-order valence-corrected chi connectivity index (χ0v) is 12.3. The lowest BCUT2D eigenvalue weighted by molar-refractivity contribution is 0.299. The molecule has 0 aliphatic heterocycles. The fourth-order valence-corrected chi connectivity index (χ4v) is 2.91. The van der Waals surface area contributed by atoms with Crippen LogP contribution in [0.5, 0.6) is 0 Å². The van der Waals surface area contributed by atoms with Crippen molar-refractivity contribution in [2.45, 2.75) is 11.3 Å². The van der Waals surface area contributed by atoms with E-state index in [0.717, 1.165) is 29.6 Å². The van der Waals surface area contributed by atoms with E-state index in [2.05, 4.69) is 0 Å². The Bertz CT molecular complexity index is 657. The number of rotatable bonds is 3. The van der Waals surface area contributed by atoms with Crippen LogP contribution in [0.2, 0.25) is 5.02 Å². The Morgan fingerprint density at radius 1 is 1.32 bits per heavy atom. The summed E-state index contributed by atoms with van der Waals surface area (Å²) in [4.78, 5) is 0.213. The predicted octanol–water partition coefficient (Wildman–Crippen LogP) is 3.27. The second-order valence-electron chi connectivity index (χ2n) is 4.24. The third-order valence-corrected chi connectivity index (χ3v) is 4.29. The smallest absolute Gasteiger partial charge is 0.175 e. The average molecular weight is 298 g/mol. The van der Waals surface area contributed by atoms with E-state index < -0.39 is 9.84 Å². The molecule has 0 aromatic heterocycles. The summed E-state index contributed by atoms with van der Waals surface area (Å²) >= 11 is 6.19. The van der Waals surface area contributed by atoms with Gasteiger partial charge in [-0.25, -0.2) is 8.42 Å². The molecule has 0 saturated carbocycles. The second kappa shape index (κ2) is 5.39. The molecule has 1 aliphatic rings. The van der Waals surface area contributed by atoms with Crippen molar-refractivity contribution < 1.29 is 13.2 Å². The molecule has 0 saturated heterocycles. The van der Waals surface area contributed by atoms with Crippen LogP contribution in [0.1, 0.15) is 12.0 Å². The summed E-state index contributed by atoms with van der Waals surface area (Å²) in [6.07, 6.45) is 7.85. The van der Waals surface area contributed by atoms with Gasteiger partial charge in [-0.3, -0.25) is 0 Å². The molecule has 0 N–H and O–H groups in total. The van der Waals surface area contributed by atoms with E-state index in [1.165, 1.54) is 6.07 Å². The van der Waals surface area contributed by atoms with E-state index >= 15 is 0 Å². The second-order valence-corrected chi connectivity index (χ2v) is 6.66. The standard InChI is InChI=1S/C14H14ClO3S/c1-18-14-6-4-3-5-12(14)11-8-7-10(9-13(11)15)19(2,16)17/h3,5-9H,4H2,1-2H3. The van der Waals surface area contributed by atoms with Crippen LogP contribution < -0.4 is 0 Å². The van der Waals surface area contributed by atoms with Crippen LogP contribution in [0.25, 0.3) is 5.57 Å². The summed E-state index contributed by atoms with van der Waals surface area (Å²) in [7, 11) is -1.65. The number of ether oxygens (including phenoxy) is 1. The van der Waals surface area contributed by atoms with Gasteiger partial charge in [0.25, 0.3) is 0 Å².